The summed E-state index contributed by atoms with van der Waals surface area (Å²) < 4.78 is 1.87. The second-order valence-corrected chi connectivity index (χ2v) is 5.84. The van der Waals surface area contributed by atoms with Crippen LogP contribution in [0.5, 0.6) is 0 Å². The Morgan fingerprint density at radius 2 is 2.00 bits per heavy atom. The smallest absolute Gasteiger partial charge is 0.168 e. The van der Waals surface area contributed by atoms with Crippen molar-refractivity contribution in [3.63, 3.8) is 0 Å². The number of rotatable bonds is 2. The molecule has 25 heavy (non-hydrogen) atoms. The van der Waals surface area contributed by atoms with E-state index in [1.165, 1.54) is 6.20 Å². The minimum Gasteiger partial charge on any atom is -0.372 e. The third-order valence-corrected chi connectivity index (χ3v) is 3.93. The predicted octanol–water partition coefficient (Wildman–Crippen LogP) is 2.40. The van der Waals surface area contributed by atoms with E-state index in [1.54, 1.807) is 6.92 Å². The molecule has 0 saturated carbocycles. The van der Waals surface area contributed by atoms with Gasteiger partial charge in [-0.25, -0.2) is 4.68 Å². The zero-order valence-corrected chi connectivity index (χ0v) is 13.5. The highest BCUT2D eigenvalue weighted by molar-refractivity contribution is 5.80. The van der Waals surface area contributed by atoms with Crippen molar-refractivity contribution in [1.29, 1.82) is 0 Å². The molecule has 0 amide bonds. The van der Waals surface area contributed by atoms with Gasteiger partial charge in [0.2, 0.25) is 0 Å². The Morgan fingerprint density at radius 3 is 2.84 bits per heavy atom. The van der Waals surface area contributed by atoms with E-state index in [0.29, 0.717) is 5.69 Å². The van der Waals surface area contributed by atoms with Crippen LogP contribution >= 0.6 is 0 Å². The van der Waals surface area contributed by atoms with Crippen molar-refractivity contribution in [3.05, 3.63) is 72.2 Å². The number of aromatic nitrogens is 5. The Labute approximate surface area is 144 Å². The minimum absolute atomic E-state index is 0.384. The fourth-order valence-electron chi connectivity index (χ4n) is 2.59. The fourth-order valence-corrected chi connectivity index (χ4v) is 2.59. The maximum Gasteiger partial charge on any atom is 0.168 e. The minimum atomic E-state index is -1.37. The number of nitrogens with one attached hydrogen (secondary N) is 1. The molecular formula is C19H15N5O. The maximum atomic E-state index is 10.4. The molecule has 122 valence electrons. The molecule has 4 aromatic rings. The van der Waals surface area contributed by atoms with E-state index in [-0.39, 0.29) is 0 Å². The van der Waals surface area contributed by atoms with Crippen molar-refractivity contribution >= 4 is 10.9 Å². The lowest BCUT2D eigenvalue weighted by Crippen LogP contribution is -2.19. The highest BCUT2D eigenvalue weighted by Crippen LogP contribution is 2.19. The quantitative estimate of drug-likeness (QED) is 0.554. The number of hydrogen-bond acceptors (Lipinski definition) is 4. The van der Waals surface area contributed by atoms with Gasteiger partial charge >= 0.3 is 0 Å². The zero-order valence-electron chi connectivity index (χ0n) is 13.5. The average molecular weight is 329 g/mol. The number of H-pyrrole nitrogens is 1. The van der Waals surface area contributed by atoms with Gasteiger partial charge in [0.25, 0.3) is 0 Å². The van der Waals surface area contributed by atoms with Crippen LogP contribution in [0, 0.1) is 11.8 Å². The van der Waals surface area contributed by atoms with Gasteiger partial charge in [0.1, 0.15) is 5.69 Å². The Bertz CT molecular complexity index is 1080. The first-order chi connectivity index (χ1) is 12.1. The van der Waals surface area contributed by atoms with E-state index in [2.05, 4.69) is 32.4 Å². The molecule has 0 aliphatic heterocycles. The normalized spacial score (nSPS) is 13.2. The third-order valence-electron chi connectivity index (χ3n) is 3.93. The lowest BCUT2D eigenvalue weighted by molar-refractivity contribution is 0.117. The van der Waals surface area contributed by atoms with Gasteiger partial charge in [-0.15, -0.1) is 0 Å². The lowest BCUT2D eigenvalue weighted by atomic mass is 10.0. The van der Waals surface area contributed by atoms with E-state index in [4.69, 9.17) is 0 Å². The van der Waals surface area contributed by atoms with E-state index in [0.717, 1.165) is 22.2 Å². The molecule has 0 spiro atoms. The van der Waals surface area contributed by atoms with Crippen LogP contribution < -0.4 is 0 Å². The average Bonchev–Trinajstić information content (AvgIpc) is 3.30. The molecule has 0 aliphatic rings. The van der Waals surface area contributed by atoms with Crippen LogP contribution in [0.15, 0.2) is 60.9 Å². The van der Waals surface area contributed by atoms with E-state index >= 15 is 0 Å². The van der Waals surface area contributed by atoms with Gasteiger partial charge in [0, 0.05) is 10.9 Å². The van der Waals surface area contributed by atoms with Crippen LogP contribution in [0.4, 0.5) is 0 Å². The highest BCUT2D eigenvalue weighted by Gasteiger charge is 2.23. The molecule has 2 N–H and O–H groups in total. The molecular weight excluding hydrogens is 314 g/mol. The van der Waals surface area contributed by atoms with E-state index in [1.807, 2.05) is 59.4 Å². The standard InChI is InChI=1S/C19H15N5O/c1-19(25,18-13-20-23-22-18)10-9-14-5-4-7-16(11-14)24-17-8-3-2-6-15(17)12-21-24/h2-8,11-13,25H,1H3,(H,20,22,23)/t19-/m1/s1. The molecule has 0 saturated heterocycles. The van der Waals surface area contributed by atoms with Crippen LogP contribution in [-0.4, -0.2) is 30.3 Å². The third kappa shape index (κ3) is 2.89. The largest absolute Gasteiger partial charge is 0.372 e. The first kappa shape index (κ1) is 15.1. The number of aliphatic hydroxyl groups is 1. The van der Waals surface area contributed by atoms with Crippen LogP contribution in [-0.2, 0) is 5.60 Å². The van der Waals surface area contributed by atoms with Gasteiger partial charge in [-0.3, -0.25) is 0 Å². The Hall–Kier alpha value is -3.43. The summed E-state index contributed by atoms with van der Waals surface area (Å²) in [4.78, 5) is 0. The van der Waals surface area contributed by atoms with Gasteiger partial charge in [-0.2, -0.15) is 20.5 Å². The second kappa shape index (κ2) is 5.89. The van der Waals surface area contributed by atoms with Crippen LogP contribution in [0.25, 0.3) is 16.6 Å². The number of para-hydroxylation sites is 1. The van der Waals surface area contributed by atoms with Gasteiger partial charge in [0.15, 0.2) is 5.60 Å². The molecule has 0 aliphatic carbocycles. The molecule has 0 fully saturated rings. The van der Waals surface area contributed by atoms with Crippen LogP contribution in [0.2, 0.25) is 0 Å². The summed E-state index contributed by atoms with van der Waals surface area (Å²) in [5.74, 6) is 5.84. The number of hydrogen-bond donors (Lipinski definition) is 2. The second-order valence-electron chi connectivity index (χ2n) is 5.84. The van der Waals surface area contributed by atoms with Crippen LogP contribution in [0.1, 0.15) is 18.2 Å². The molecule has 2 aromatic carbocycles. The van der Waals surface area contributed by atoms with Gasteiger partial charge in [-0.1, -0.05) is 36.1 Å². The summed E-state index contributed by atoms with van der Waals surface area (Å²) in [6.45, 7) is 1.59. The van der Waals surface area contributed by atoms with E-state index in [9.17, 15) is 5.11 Å². The molecule has 0 radical (unpaired) electrons. The molecule has 0 unspecified atom stereocenters. The Balaban J connectivity index is 1.71. The summed E-state index contributed by atoms with van der Waals surface area (Å²) in [7, 11) is 0. The number of aromatic amines is 1. The molecule has 6 nitrogen and oxygen atoms in total. The van der Waals surface area contributed by atoms with Gasteiger partial charge in [0.05, 0.1) is 23.6 Å². The summed E-state index contributed by atoms with van der Waals surface area (Å²) in [6.07, 6.45) is 3.30. The van der Waals surface area contributed by atoms with Gasteiger partial charge in [-0.05, 0) is 31.2 Å². The Morgan fingerprint density at radius 1 is 1.12 bits per heavy atom. The first-order valence-corrected chi connectivity index (χ1v) is 7.78. The molecule has 6 heteroatoms. The van der Waals surface area contributed by atoms with Crippen molar-refractivity contribution in [2.24, 2.45) is 0 Å². The maximum absolute atomic E-state index is 10.4. The predicted molar refractivity (Wildman–Crippen MR) is 93.9 cm³/mol. The van der Waals surface area contributed by atoms with Crippen molar-refractivity contribution in [3.8, 4) is 17.5 Å². The zero-order chi connectivity index (χ0) is 17.3. The highest BCUT2D eigenvalue weighted by atomic mass is 16.3. The van der Waals surface area contributed by atoms with Crippen molar-refractivity contribution < 1.29 is 5.11 Å². The molecule has 4 rings (SSSR count). The summed E-state index contributed by atoms with van der Waals surface area (Å²) >= 11 is 0. The summed E-state index contributed by atoms with van der Waals surface area (Å²) in [6, 6.07) is 15.7. The van der Waals surface area contributed by atoms with Gasteiger partial charge < -0.3 is 5.11 Å². The van der Waals surface area contributed by atoms with Crippen molar-refractivity contribution in [2.75, 3.05) is 0 Å². The topological polar surface area (TPSA) is 79.6 Å². The molecule has 2 heterocycles. The van der Waals surface area contributed by atoms with Crippen LogP contribution in [0.3, 0.4) is 0 Å². The SMILES string of the molecule is C[C@@](O)(C#Cc1cccc(-n2ncc3ccccc32)c1)c1cn[nH]n1. The molecule has 2 aromatic heterocycles. The first-order valence-electron chi connectivity index (χ1n) is 7.78. The van der Waals surface area contributed by atoms with E-state index < -0.39 is 5.60 Å². The summed E-state index contributed by atoms with van der Waals surface area (Å²) in [5, 5.41) is 26.0. The monoisotopic (exact) mass is 329 g/mol. The number of benzene rings is 2. The van der Waals surface area contributed by atoms with Crippen molar-refractivity contribution in [2.45, 2.75) is 12.5 Å². The number of nitrogens with zero attached hydrogens (tertiary/aromatic N) is 4. The lowest BCUT2D eigenvalue weighted by Gasteiger charge is -2.11. The molecule has 0 bridgehead atoms. The molecule has 1 atom stereocenters. The summed E-state index contributed by atoms with van der Waals surface area (Å²) in [5.41, 5.74) is 1.73. The Kier molecular flexibility index (Phi) is 3.56. The number of fused-ring (bicyclic) bond motifs is 1. The van der Waals surface area contributed by atoms with Crippen molar-refractivity contribution in [1.82, 2.24) is 25.2 Å². The fraction of sp³-hybridized carbons (Fsp3) is 0.105.